The van der Waals surface area contributed by atoms with Crippen LogP contribution in [0.3, 0.4) is 0 Å². The van der Waals surface area contributed by atoms with Crippen LogP contribution in [0.4, 0.5) is 13.2 Å². The van der Waals surface area contributed by atoms with Crippen molar-refractivity contribution in [1.29, 1.82) is 0 Å². The molecule has 0 atom stereocenters. The van der Waals surface area contributed by atoms with Gasteiger partial charge in [-0.3, -0.25) is 0 Å². The summed E-state index contributed by atoms with van der Waals surface area (Å²) in [6.45, 7) is 0.249. The van der Waals surface area contributed by atoms with Crippen molar-refractivity contribution in [3.63, 3.8) is 0 Å². The Hall–Kier alpha value is -0.520. The quantitative estimate of drug-likeness (QED) is 0.532. The Morgan fingerprint density at radius 1 is 1.42 bits per heavy atom. The van der Waals surface area contributed by atoms with Gasteiger partial charge in [-0.05, 0) is 18.6 Å². The second kappa shape index (κ2) is 5.18. The fourth-order valence-corrected chi connectivity index (χ4v) is 0.681. The fourth-order valence-electron chi connectivity index (χ4n) is 0.579. The molecule has 0 aliphatic rings. The van der Waals surface area contributed by atoms with Crippen molar-refractivity contribution in [3.8, 4) is 0 Å². The molecular weight excluding hydrogens is 189 g/mol. The average molecular weight is 200 g/mol. The normalized spacial score (nSPS) is 11.0. The van der Waals surface area contributed by atoms with Gasteiger partial charge in [0.15, 0.2) is 5.11 Å². The maximum Gasteiger partial charge on any atom is 0.389 e. The van der Waals surface area contributed by atoms with Crippen molar-refractivity contribution in [2.75, 3.05) is 13.6 Å². The molecule has 72 valence electrons. The zero-order valence-electron chi connectivity index (χ0n) is 6.66. The molecule has 2 N–H and O–H groups in total. The topological polar surface area (TPSA) is 24.1 Å². The summed E-state index contributed by atoms with van der Waals surface area (Å²) in [6.07, 6.45) is -4.79. The highest BCUT2D eigenvalue weighted by atomic mass is 32.1. The van der Waals surface area contributed by atoms with E-state index in [1.165, 1.54) is 0 Å². The van der Waals surface area contributed by atoms with Crippen LogP contribution >= 0.6 is 12.2 Å². The third kappa shape index (κ3) is 7.59. The molecule has 0 aliphatic heterocycles. The van der Waals surface area contributed by atoms with Crippen molar-refractivity contribution in [2.24, 2.45) is 0 Å². The summed E-state index contributed by atoms with van der Waals surface area (Å²) in [6, 6.07) is 0. The average Bonchev–Trinajstić information content (AvgIpc) is 1.96. The highest BCUT2D eigenvalue weighted by Gasteiger charge is 2.25. The Kier molecular flexibility index (Phi) is 4.96. The van der Waals surface area contributed by atoms with Crippen LogP contribution in [0.5, 0.6) is 0 Å². The number of rotatable bonds is 3. The van der Waals surface area contributed by atoms with E-state index in [2.05, 4.69) is 22.9 Å². The Balaban J connectivity index is 3.28. The summed E-state index contributed by atoms with van der Waals surface area (Å²) in [5, 5.41) is 5.60. The first-order valence-electron chi connectivity index (χ1n) is 3.48. The van der Waals surface area contributed by atoms with Crippen LogP contribution in [0.1, 0.15) is 12.8 Å². The van der Waals surface area contributed by atoms with Crippen LogP contribution < -0.4 is 10.6 Å². The van der Waals surface area contributed by atoms with Gasteiger partial charge in [-0.25, -0.2) is 0 Å². The second-order valence-corrected chi connectivity index (χ2v) is 2.63. The van der Waals surface area contributed by atoms with Gasteiger partial charge >= 0.3 is 6.18 Å². The van der Waals surface area contributed by atoms with Gasteiger partial charge in [0.1, 0.15) is 0 Å². The minimum Gasteiger partial charge on any atom is -0.366 e. The molecule has 12 heavy (non-hydrogen) atoms. The molecule has 0 aliphatic carbocycles. The highest BCUT2D eigenvalue weighted by molar-refractivity contribution is 7.80. The zero-order chi connectivity index (χ0) is 9.61. The summed E-state index contributed by atoms with van der Waals surface area (Å²) < 4.78 is 34.8. The smallest absolute Gasteiger partial charge is 0.366 e. The van der Waals surface area contributed by atoms with Gasteiger partial charge < -0.3 is 10.6 Å². The first-order chi connectivity index (χ1) is 5.45. The first-order valence-corrected chi connectivity index (χ1v) is 3.89. The van der Waals surface area contributed by atoms with Gasteiger partial charge in [0.25, 0.3) is 0 Å². The van der Waals surface area contributed by atoms with Gasteiger partial charge in [-0.1, -0.05) is 0 Å². The molecule has 0 aromatic carbocycles. The molecule has 0 unspecified atom stereocenters. The zero-order valence-corrected chi connectivity index (χ0v) is 7.48. The van der Waals surface area contributed by atoms with Crippen LogP contribution in [0.15, 0.2) is 0 Å². The number of thiocarbonyl (C=S) groups is 1. The largest absolute Gasteiger partial charge is 0.389 e. The first kappa shape index (κ1) is 11.5. The monoisotopic (exact) mass is 200 g/mol. The van der Waals surface area contributed by atoms with Gasteiger partial charge in [0.2, 0.25) is 0 Å². The lowest BCUT2D eigenvalue weighted by molar-refractivity contribution is -0.135. The molecule has 0 aromatic heterocycles. The standard InChI is InChI=1S/C6H11F3N2S/c1-10-5(12)11-4-2-3-6(7,8)9/h2-4H2,1H3,(H2,10,11,12). The third-order valence-corrected chi connectivity index (χ3v) is 1.50. The van der Waals surface area contributed by atoms with E-state index in [9.17, 15) is 13.2 Å². The number of nitrogens with one attached hydrogen (secondary N) is 2. The summed E-state index contributed by atoms with van der Waals surface area (Å²) >= 11 is 4.66. The van der Waals surface area contributed by atoms with Crippen LogP contribution in [-0.2, 0) is 0 Å². The van der Waals surface area contributed by atoms with Gasteiger partial charge in [-0.2, -0.15) is 13.2 Å². The highest BCUT2D eigenvalue weighted by Crippen LogP contribution is 2.20. The van der Waals surface area contributed by atoms with E-state index in [4.69, 9.17) is 0 Å². The second-order valence-electron chi connectivity index (χ2n) is 2.22. The van der Waals surface area contributed by atoms with Crippen LogP contribution in [0.25, 0.3) is 0 Å². The van der Waals surface area contributed by atoms with E-state index in [0.717, 1.165) is 0 Å². The Bertz CT molecular complexity index is 146. The Morgan fingerprint density at radius 2 is 2.00 bits per heavy atom. The van der Waals surface area contributed by atoms with Gasteiger partial charge in [0.05, 0.1) is 0 Å². The fraction of sp³-hybridized carbons (Fsp3) is 0.833. The lowest BCUT2D eigenvalue weighted by Crippen LogP contribution is -2.33. The van der Waals surface area contributed by atoms with E-state index in [1.54, 1.807) is 7.05 Å². The lowest BCUT2D eigenvalue weighted by Gasteiger charge is -2.08. The van der Waals surface area contributed by atoms with Crippen molar-refractivity contribution in [2.45, 2.75) is 19.0 Å². The maximum atomic E-state index is 11.6. The number of hydrogen-bond donors (Lipinski definition) is 2. The molecule has 0 saturated heterocycles. The van der Waals surface area contributed by atoms with Crippen LogP contribution in [0.2, 0.25) is 0 Å². The third-order valence-electron chi connectivity index (χ3n) is 1.15. The molecule has 0 radical (unpaired) electrons. The van der Waals surface area contributed by atoms with Gasteiger partial charge in [0, 0.05) is 20.0 Å². The predicted molar refractivity (Wildman–Crippen MR) is 44.9 cm³/mol. The summed E-state index contributed by atoms with van der Waals surface area (Å²) in [5.74, 6) is 0. The van der Waals surface area contributed by atoms with Crippen molar-refractivity contribution >= 4 is 17.3 Å². The molecule has 0 fully saturated rings. The van der Waals surface area contributed by atoms with Crippen molar-refractivity contribution in [1.82, 2.24) is 10.6 Å². The van der Waals surface area contributed by atoms with E-state index in [-0.39, 0.29) is 13.0 Å². The maximum absolute atomic E-state index is 11.6. The SMILES string of the molecule is CNC(=S)NCCCC(F)(F)F. The van der Waals surface area contributed by atoms with Crippen LogP contribution in [-0.4, -0.2) is 24.9 Å². The Labute approximate surface area is 74.5 Å². The number of hydrogen-bond acceptors (Lipinski definition) is 1. The molecule has 0 heterocycles. The molecule has 0 aromatic rings. The summed E-state index contributed by atoms with van der Waals surface area (Å²) in [7, 11) is 1.61. The van der Waals surface area contributed by atoms with Crippen molar-refractivity contribution in [3.05, 3.63) is 0 Å². The minimum absolute atomic E-state index is 0.0469. The Morgan fingerprint density at radius 3 is 2.42 bits per heavy atom. The molecule has 6 heteroatoms. The molecule has 0 saturated carbocycles. The van der Waals surface area contributed by atoms with Gasteiger partial charge in [-0.15, -0.1) is 0 Å². The minimum atomic E-state index is -4.07. The molecular formula is C6H11F3N2S. The summed E-state index contributed by atoms with van der Waals surface area (Å²) in [4.78, 5) is 0. The van der Waals surface area contributed by atoms with E-state index >= 15 is 0 Å². The number of alkyl halides is 3. The molecule has 0 rings (SSSR count). The van der Waals surface area contributed by atoms with Crippen molar-refractivity contribution < 1.29 is 13.2 Å². The molecule has 0 bridgehead atoms. The lowest BCUT2D eigenvalue weighted by atomic mass is 10.3. The predicted octanol–water partition coefficient (Wildman–Crippen LogP) is 1.42. The van der Waals surface area contributed by atoms with E-state index in [0.29, 0.717) is 5.11 Å². The van der Waals surface area contributed by atoms with Crippen LogP contribution in [0, 0.1) is 0 Å². The molecule has 0 spiro atoms. The van der Waals surface area contributed by atoms with E-state index < -0.39 is 12.6 Å². The van der Waals surface area contributed by atoms with E-state index in [1.807, 2.05) is 0 Å². The molecule has 0 amide bonds. The number of halogens is 3. The molecule has 2 nitrogen and oxygen atoms in total. The summed E-state index contributed by atoms with van der Waals surface area (Å²) in [5.41, 5.74) is 0.